The normalized spacial score (nSPS) is 14.3. The Balaban J connectivity index is 1.46. The van der Waals surface area contributed by atoms with Gasteiger partial charge in [-0.1, -0.05) is 35.9 Å². The van der Waals surface area contributed by atoms with E-state index in [0.29, 0.717) is 36.0 Å². The number of halogens is 4. The molecule has 9 heteroatoms. The van der Waals surface area contributed by atoms with Crippen LogP contribution >= 0.6 is 11.6 Å². The first-order chi connectivity index (χ1) is 16.2. The molecule has 1 fully saturated rings. The largest absolute Gasteiger partial charge is 0.416 e. The minimum absolute atomic E-state index is 0.0957. The van der Waals surface area contributed by atoms with E-state index < -0.39 is 17.6 Å². The number of carbonyl (C=O) groups is 2. The lowest BCUT2D eigenvalue weighted by Gasteiger charge is -2.36. The number of amides is 3. The first kappa shape index (κ1) is 23.6. The van der Waals surface area contributed by atoms with Crippen LogP contribution in [0, 0.1) is 0 Å². The van der Waals surface area contributed by atoms with E-state index in [1.54, 1.807) is 40.1 Å². The standard InChI is InChI=1S/C25H21ClF3N3O2/c26-22-8-2-1-5-18(22)16-31-13-4-14-32(24(31)34)21-7-3-6-20(15-21)30-23(33)17-9-11-19(12-10-17)25(27,28)29/h1-3,5-12,15H,4,13-14,16H2,(H,30,33). The molecule has 1 aliphatic rings. The van der Waals surface area contributed by atoms with Crippen molar-refractivity contribution >= 4 is 34.9 Å². The number of benzene rings is 3. The number of rotatable bonds is 5. The van der Waals surface area contributed by atoms with Gasteiger partial charge in [-0.2, -0.15) is 13.2 Å². The van der Waals surface area contributed by atoms with E-state index >= 15 is 0 Å². The lowest BCUT2D eigenvalue weighted by atomic mass is 10.1. The molecule has 0 atom stereocenters. The van der Waals surface area contributed by atoms with E-state index in [1.165, 1.54) is 0 Å². The van der Waals surface area contributed by atoms with Crippen molar-refractivity contribution in [3.05, 3.63) is 94.5 Å². The monoisotopic (exact) mass is 487 g/mol. The van der Waals surface area contributed by atoms with Gasteiger partial charge in [0.25, 0.3) is 5.91 Å². The van der Waals surface area contributed by atoms with E-state index in [-0.39, 0.29) is 11.6 Å². The quantitative estimate of drug-likeness (QED) is 0.450. The summed E-state index contributed by atoms with van der Waals surface area (Å²) in [6.45, 7) is 1.51. The Hall–Kier alpha value is -3.52. The van der Waals surface area contributed by atoms with Gasteiger partial charge >= 0.3 is 12.2 Å². The molecule has 3 aromatic carbocycles. The number of hydrogen-bond acceptors (Lipinski definition) is 2. The van der Waals surface area contributed by atoms with Crippen LogP contribution in [-0.2, 0) is 12.7 Å². The van der Waals surface area contributed by atoms with Crippen LogP contribution in [0.3, 0.4) is 0 Å². The molecule has 0 spiro atoms. The molecule has 0 radical (unpaired) electrons. The molecular formula is C25H21ClF3N3O2. The van der Waals surface area contributed by atoms with Crippen molar-refractivity contribution in [2.45, 2.75) is 19.1 Å². The molecular weight excluding hydrogens is 467 g/mol. The summed E-state index contributed by atoms with van der Waals surface area (Å²) in [5, 5.41) is 3.28. The average molecular weight is 488 g/mol. The Morgan fingerprint density at radius 2 is 1.71 bits per heavy atom. The molecule has 0 aromatic heterocycles. The third-order valence-corrected chi connectivity index (χ3v) is 5.89. The van der Waals surface area contributed by atoms with Gasteiger partial charge in [0.15, 0.2) is 0 Å². The summed E-state index contributed by atoms with van der Waals surface area (Å²) in [6.07, 6.45) is -3.71. The number of nitrogens with zero attached hydrogens (tertiary/aromatic N) is 2. The first-order valence-electron chi connectivity index (χ1n) is 10.6. The molecule has 1 aliphatic heterocycles. The van der Waals surface area contributed by atoms with Crippen LogP contribution in [0.1, 0.15) is 27.9 Å². The first-order valence-corrected chi connectivity index (χ1v) is 11.0. The van der Waals surface area contributed by atoms with Crippen LogP contribution in [0.4, 0.5) is 29.3 Å². The van der Waals surface area contributed by atoms with Crippen LogP contribution in [0.25, 0.3) is 0 Å². The fraction of sp³-hybridized carbons (Fsp3) is 0.200. The van der Waals surface area contributed by atoms with Gasteiger partial charge in [-0.3, -0.25) is 9.69 Å². The molecule has 0 unspecified atom stereocenters. The molecule has 0 bridgehead atoms. The SMILES string of the molecule is O=C(Nc1cccc(N2CCCN(Cc3ccccc3Cl)C2=O)c1)c1ccc(C(F)(F)F)cc1. The van der Waals surface area contributed by atoms with Gasteiger partial charge in [0, 0.05) is 41.6 Å². The zero-order valence-electron chi connectivity index (χ0n) is 18.0. The third-order valence-electron chi connectivity index (χ3n) is 5.52. The second-order valence-electron chi connectivity index (χ2n) is 7.88. The zero-order chi connectivity index (χ0) is 24.3. The Morgan fingerprint density at radius 1 is 0.971 bits per heavy atom. The van der Waals surface area contributed by atoms with E-state index in [9.17, 15) is 22.8 Å². The summed E-state index contributed by atoms with van der Waals surface area (Å²) in [5.41, 5.74) is 1.17. The van der Waals surface area contributed by atoms with Gasteiger partial charge in [0.2, 0.25) is 0 Å². The van der Waals surface area contributed by atoms with E-state index in [1.807, 2.05) is 18.2 Å². The second-order valence-corrected chi connectivity index (χ2v) is 8.29. The van der Waals surface area contributed by atoms with Crippen LogP contribution in [0.2, 0.25) is 5.02 Å². The summed E-state index contributed by atoms with van der Waals surface area (Å²) in [6, 6.07) is 18.0. The Morgan fingerprint density at radius 3 is 2.41 bits per heavy atom. The number of carbonyl (C=O) groups excluding carboxylic acids is 2. The van der Waals surface area contributed by atoms with Gasteiger partial charge in [-0.05, 0) is 60.5 Å². The van der Waals surface area contributed by atoms with Crippen LogP contribution < -0.4 is 10.2 Å². The van der Waals surface area contributed by atoms with Crippen molar-refractivity contribution in [3.63, 3.8) is 0 Å². The summed E-state index contributed by atoms with van der Waals surface area (Å²) < 4.78 is 38.2. The van der Waals surface area contributed by atoms with E-state index in [0.717, 1.165) is 36.2 Å². The number of anilines is 2. The van der Waals surface area contributed by atoms with E-state index in [4.69, 9.17) is 11.6 Å². The molecule has 3 amide bonds. The smallest absolute Gasteiger partial charge is 0.322 e. The maximum absolute atomic E-state index is 13.1. The minimum Gasteiger partial charge on any atom is -0.322 e. The number of urea groups is 1. The fourth-order valence-electron chi connectivity index (χ4n) is 3.77. The third kappa shape index (κ3) is 5.34. The highest BCUT2D eigenvalue weighted by molar-refractivity contribution is 6.31. The average Bonchev–Trinajstić information content (AvgIpc) is 2.81. The van der Waals surface area contributed by atoms with Crippen molar-refractivity contribution in [1.82, 2.24) is 4.90 Å². The number of alkyl halides is 3. The highest BCUT2D eigenvalue weighted by Gasteiger charge is 2.30. The number of nitrogens with one attached hydrogen (secondary N) is 1. The van der Waals surface area contributed by atoms with Crippen LogP contribution in [0.5, 0.6) is 0 Å². The van der Waals surface area contributed by atoms with Gasteiger partial charge in [0.05, 0.1) is 5.56 Å². The molecule has 0 aliphatic carbocycles. The van der Waals surface area contributed by atoms with Crippen molar-refractivity contribution in [3.8, 4) is 0 Å². The molecule has 5 nitrogen and oxygen atoms in total. The Labute approximate surface area is 199 Å². The van der Waals surface area contributed by atoms with Crippen LogP contribution in [-0.4, -0.2) is 29.9 Å². The summed E-state index contributed by atoms with van der Waals surface area (Å²) >= 11 is 6.25. The molecule has 4 rings (SSSR count). The van der Waals surface area contributed by atoms with Crippen molar-refractivity contribution < 1.29 is 22.8 Å². The summed E-state index contributed by atoms with van der Waals surface area (Å²) in [4.78, 5) is 29.0. The van der Waals surface area contributed by atoms with Gasteiger partial charge in [-0.15, -0.1) is 0 Å². The topological polar surface area (TPSA) is 52.7 Å². The second kappa shape index (κ2) is 9.77. The lowest BCUT2D eigenvalue weighted by Crippen LogP contribution is -2.49. The maximum Gasteiger partial charge on any atom is 0.416 e. The highest BCUT2D eigenvalue weighted by atomic mass is 35.5. The minimum atomic E-state index is -4.47. The molecule has 3 aromatic rings. The van der Waals surface area contributed by atoms with Gasteiger partial charge < -0.3 is 10.2 Å². The highest BCUT2D eigenvalue weighted by Crippen LogP contribution is 2.29. The fourth-order valence-corrected chi connectivity index (χ4v) is 3.96. The van der Waals surface area contributed by atoms with Gasteiger partial charge in [-0.25, -0.2) is 4.79 Å². The molecule has 34 heavy (non-hydrogen) atoms. The Bertz CT molecular complexity index is 1200. The summed E-state index contributed by atoms with van der Waals surface area (Å²) in [7, 11) is 0. The molecule has 1 heterocycles. The van der Waals surface area contributed by atoms with Gasteiger partial charge in [0.1, 0.15) is 0 Å². The molecule has 0 saturated carbocycles. The lowest BCUT2D eigenvalue weighted by molar-refractivity contribution is -0.137. The predicted molar refractivity (Wildman–Crippen MR) is 125 cm³/mol. The molecule has 1 saturated heterocycles. The molecule has 176 valence electrons. The zero-order valence-corrected chi connectivity index (χ0v) is 18.7. The maximum atomic E-state index is 13.1. The Kier molecular flexibility index (Phi) is 6.79. The van der Waals surface area contributed by atoms with E-state index in [2.05, 4.69) is 5.32 Å². The number of hydrogen-bond donors (Lipinski definition) is 1. The molecule has 1 N–H and O–H groups in total. The van der Waals surface area contributed by atoms with Crippen molar-refractivity contribution in [2.75, 3.05) is 23.3 Å². The summed E-state index contributed by atoms with van der Waals surface area (Å²) in [5.74, 6) is -0.545. The predicted octanol–water partition coefficient (Wildman–Crippen LogP) is 6.44. The van der Waals surface area contributed by atoms with Crippen molar-refractivity contribution in [2.24, 2.45) is 0 Å². The van der Waals surface area contributed by atoms with Crippen molar-refractivity contribution in [1.29, 1.82) is 0 Å². The van der Waals surface area contributed by atoms with Crippen LogP contribution in [0.15, 0.2) is 72.8 Å².